The number of carbonyl (C=O) groups excluding carboxylic acids is 1. The van der Waals surface area contributed by atoms with E-state index in [1.807, 2.05) is 668 Å². The quantitative estimate of drug-likeness (QED) is 0.470. The first-order chi connectivity index (χ1) is 68.1. The highest BCUT2D eigenvalue weighted by molar-refractivity contribution is 8.87. The highest BCUT2D eigenvalue weighted by Crippen LogP contribution is 2.34. The predicted octanol–water partition coefficient (Wildman–Crippen LogP) is 0.727. The second-order valence-corrected chi connectivity index (χ2v) is 195. The molecule has 0 saturated heterocycles. The van der Waals surface area contributed by atoms with Crippen molar-refractivity contribution < 1.29 is 4.79 Å². The van der Waals surface area contributed by atoms with Gasteiger partial charge >= 0.3 is 5.69 Å². The van der Waals surface area contributed by atoms with Crippen LogP contribution in [0.4, 0.5) is 0 Å². The molecule has 2 aliphatic heterocycles. The number of hydrogen-bond acceptors (Lipinski definition) is 10. The van der Waals surface area contributed by atoms with Gasteiger partial charge < -0.3 is 10.6 Å². The van der Waals surface area contributed by atoms with Crippen molar-refractivity contribution in [3.63, 3.8) is 0 Å². The third-order valence-electron chi connectivity index (χ3n) is 9.19. The molecule has 2 N–H and O–H groups in total. The largest absolute Gasteiger partial charge is 0.331 e. The maximum atomic E-state index is 12.1. The van der Waals surface area contributed by atoms with Crippen LogP contribution >= 0.6 is 0 Å². The summed E-state index contributed by atoms with van der Waals surface area (Å²) in [5.74, 6) is 0.931. The number of aliphatic imine (C=N–C) groups is 1. The van der Waals surface area contributed by atoms with Crippen molar-refractivity contribution in [3.05, 3.63) is 60.6 Å². The summed E-state index contributed by atoms with van der Waals surface area (Å²) in [6.45, 7) is 6.94. The van der Waals surface area contributed by atoms with E-state index in [4.69, 9.17) is 50.5 Å². The van der Waals surface area contributed by atoms with Gasteiger partial charge in [0.1, 0.15) is 0 Å². The number of hydrogen-bond donors (Lipinski definition) is 1. The molecule has 138 heavy (non-hydrogen) atoms. The number of allylic oxidation sites excluding steroid dienone is 3. The average molecular weight is 3820 g/mol. The lowest BCUT2D eigenvalue weighted by molar-refractivity contribution is -0.123. The van der Waals surface area contributed by atoms with Gasteiger partial charge in [-0.3, -0.25) is 28.6 Å². The van der Waals surface area contributed by atoms with Gasteiger partial charge in [-0.25, -0.2) is 4.79 Å². The van der Waals surface area contributed by atoms with Crippen LogP contribution in [0.25, 0.3) is 6.08 Å². The molecule has 0 aromatic carbocycles. The van der Waals surface area contributed by atoms with E-state index in [1.165, 1.54) is 52.7 Å². The van der Waals surface area contributed by atoms with Crippen molar-refractivity contribution in [1.82, 2.24) is 18.9 Å². The van der Waals surface area contributed by atoms with Crippen molar-refractivity contribution in [1.29, 1.82) is 0 Å². The maximum absolute atomic E-state index is 12.1. The molecule has 0 spiro atoms. The van der Waals surface area contributed by atoms with E-state index < -0.39 is 0 Å². The monoisotopic (exact) mass is 3810 g/mol. The lowest BCUT2D eigenvalue weighted by Crippen LogP contribution is -2.51. The Labute approximate surface area is 1100 Å². The molecular weight excluding hydrogens is 3790 g/mol. The summed E-state index contributed by atoms with van der Waals surface area (Å²) in [6, 6.07) is 0. The number of carbonyl (C=O) groups is 1. The maximum Gasteiger partial charge on any atom is 0.331 e. The number of nitrogens with two attached hydrogens (primary N) is 1. The normalized spacial score (nSPS) is 10.4. The van der Waals surface area contributed by atoms with Gasteiger partial charge in [-0.05, 0) is 45.4 Å². The third kappa shape index (κ3) is 99.5. The fraction of sp³-hybridized carbons (Fsp3) is 0.500. The SMILES string of the molecule is CC1=CC2=C(C1)C(=O)N(C)C1=NCCCN12.CC1=Cc2c(c(=O)n(C)c(=O)n2CCCN)C1.S=S=S=S=S=S=S=S=S=S=S=S=S=S=S=S=S=S=S=S=S=S=S=S=S=S=S=S=S=S=S=S=S=S=S=S=S=S=S=S=S=S=S=S=S=S=S=S=S=S=S=S.S=S=S=S=S=S=S=S=S=S=S=S=S=S=S=S=S=S=S=S=S=S=S=S=S=S=S=S=S=S=S=S=S=S=S=S=S=S=S=S=S=S=S=S=S=S=S=S=S=S=S=S=S. The van der Waals surface area contributed by atoms with Crippen LogP contribution in [-0.2, 0) is 966 Å². The van der Waals surface area contributed by atoms with Crippen LogP contribution in [0.1, 0.15) is 44.4 Å². The second-order valence-electron chi connectivity index (χ2n) is 15.9. The van der Waals surface area contributed by atoms with Gasteiger partial charge in [0.15, 0.2) is 0 Å². The van der Waals surface area contributed by atoms with Crippen LogP contribution in [0.15, 0.2) is 43.1 Å². The molecular formula is C24H32N6O3S105. The predicted molar refractivity (Wildman–Crippen MR) is 902 cm³/mol. The first-order valence-corrected chi connectivity index (χ1v) is 166. The summed E-state index contributed by atoms with van der Waals surface area (Å²) in [6.07, 6.45) is 7.29. The van der Waals surface area contributed by atoms with Crippen LogP contribution in [0.5, 0.6) is 0 Å². The number of guanidine groups is 1. The number of fused-ring (bicyclic) bond motifs is 3. The van der Waals surface area contributed by atoms with Crippen LogP contribution in [0, 0.1) is 0 Å². The zero-order chi connectivity index (χ0) is 99.3. The fourth-order valence-electron chi connectivity index (χ4n) is 5.87. The van der Waals surface area contributed by atoms with Crippen molar-refractivity contribution in [2.45, 2.75) is 46.1 Å². The molecule has 114 heteroatoms. The van der Waals surface area contributed by atoms with Crippen molar-refractivity contribution in [2.24, 2.45) is 17.8 Å². The molecule has 2 aliphatic carbocycles. The van der Waals surface area contributed by atoms with Gasteiger partial charge in [0.25, 0.3) is 11.5 Å². The van der Waals surface area contributed by atoms with E-state index >= 15 is 0 Å². The van der Waals surface area contributed by atoms with E-state index in [1.54, 1.807) is 223 Å². The minimum Gasteiger partial charge on any atom is -0.330 e. The molecule has 1 amide bonds. The lowest BCUT2D eigenvalue weighted by Gasteiger charge is -2.38. The topological polar surface area (TPSA) is 106 Å². The molecule has 0 atom stereocenters. The Hall–Kier alpha value is 19.9. The van der Waals surface area contributed by atoms with Gasteiger partial charge in [0.05, 0.1) is 11.4 Å². The number of likely N-dealkylation sites (N-methyl/N-ethyl adjacent to an activating group) is 1. The molecule has 0 bridgehead atoms. The zero-order valence-electron chi connectivity index (χ0n) is 62.7. The smallest absolute Gasteiger partial charge is 0.330 e. The Morgan fingerprint density at radius 2 is 0.486 bits per heavy atom. The van der Waals surface area contributed by atoms with E-state index in [9.17, 15) is 14.4 Å². The molecule has 0 fully saturated rings. The molecule has 0 unspecified atom stereocenters. The van der Waals surface area contributed by atoms with Gasteiger partial charge in [0, 0.05) is 999 Å². The Kier molecular flexibility index (Phi) is 141. The lowest BCUT2D eigenvalue weighted by atomic mass is 10.1. The Morgan fingerprint density at radius 3 is 0.681 bits per heavy atom. The fourth-order valence-corrected chi connectivity index (χ4v) is 272. The average Bonchev–Trinajstić information content (AvgIpc) is 1.57. The van der Waals surface area contributed by atoms with Crippen molar-refractivity contribution in [3.8, 4) is 0 Å². The minimum absolute atomic E-state index is 0.111. The summed E-state index contributed by atoms with van der Waals surface area (Å²) >= 11 is 19.3. The van der Waals surface area contributed by atoms with Gasteiger partial charge in [0.2, 0.25) is 5.96 Å². The van der Waals surface area contributed by atoms with Crippen LogP contribution in [0.3, 0.4) is 0 Å². The first-order valence-electron chi connectivity index (χ1n) is 28.6. The molecule has 0 saturated carbocycles. The Morgan fingerprint density at radius 1 is 0.290 bits per heavy atom. The number of aromatic nitrogens is 2. The zero-order valence-corrected chi connectivity index (χ0v) is 148. The Bertz CT molecular complexity index is 9920. The van der Waals surface area contributed by atoms with E-state index in [2.05, 4.69) is 22.9 Å². The molecule has 1 aromatic rings. The van der Waals surface area contributed by atoms with Crippen molar-refractivity contribution in [2.75, 3.05) is 26.7 Å². The highest BCUT2D eigenvalue weighted by Gasteiger charge is 2.37. The molecule has 5 rings (SSSR count). The Balaban J connectivity index is 0.000000696. The van der Waals surface area contributed by atoms with Gasteiger partial charge in [-0.2, -0.15) is 0 Å². The molecule has 806 valence electrons. The van der Waals surface area contributed by atoms with Crippen LogP contribution < -0.4 is 17.0 Å². The summed E-state index contributed by atoms with van der Waals surface area (Å²) in [4.78, 5) is 44.4. The molecule has 9 nitrogen and oxygen atoms in total. The highest BCUT2D eigenvalue weighted by atomic mass is 33.6. The van der Waals surface area contributed by atoms with Gasteiger partial charge in [-0.1, -0.05) is 11.1 Å². The number of rotatable bonds is 3. The first kappa shape index (κ1) is 154. The summed E-state index contributed by atoms with van der Waals surface area (Å²) in [5, 5.41) is 0. The molecule has 1 aromatic heterocycles. The van der Waals surface area contributed by atoms with E-state index in [0.29, 0.717) is 19.5 Å². The molecule has 3 heterocycles. The molecule has 4 aliphatic rings. The van der Waals surface area contributed by atoms with E-state index in [0.717, 1.165) is 66.4 Å². The number of nitrogens with zero attached hydrogens (tertiary/aromatic N) is 5. The minimum atomic E-state index is -0.256. The van der Waals surface area contributed by atoms with E-state index in [-0.39, 0.29) is 17.2 Å². The second kappa shape index (κ2) is 126. The van der Waals surface area contributed by atoms with Crippen molar-refractivity contribution >= 4 is 960 Å². The summed E-state index contributed by atoms with van der Waals surface area (Å²) in [7, 11) is 184. The van der Waals surface area contributed by atoms with Crippen LogP contribution in [0.2, 0.25) is 0 Å². The summed E-state index contributed by atoms with van der Waals surface area (Å²) in [5.41, 5.74) is 10.9. The summed E-state index contributed by atoms with van der Waals surface area (Å²) < 4.78 is 2.84. The standard InChI is InChI=1S/C12H17N3O2.C12H15N3O.S53.S52/c1-8-6-9-10(7-8)15(5-3-4-13)12(17)14(2)11(9)16;1-8-6-9-10(7-8)15-5-3-4-13-12(15)14(2)11(9)16;1-3-5-7-9-11-13-15-17-19-21-23-25-27-29-31-33-35-37-39-41-43-45-47-49-51-53-52-50-48-46-44-42-40-38-36-34-32-30-28-26-24-22-20-18-16-14-12-10-8-6-4-2;1-3-5-7-9-11-13-15-17-19-21-23-25-27-29-31-33-35-37-39-41-43-45-47-49-51-52-50-48-46-44-42-40-38-36-34-32-30-28-26-24-22-20-18-16-14-12-10-8-6-4-2/h7H,3-6,13H2,1-2H3;7H,3-6H2,1-2H3;;. The third-order valence-corrected chi connectivity index (χ3v) is 229. The molecule has 0 radical (unpaired) electrons. The van der Waals surface area contributed by atoms with Gasteiger partial charge in [-0.15, -0.1) is 0 Å². The number of amides is 1. The van der Waals surface area contributed by atoms with Crippen LogP contribution in [-0.4, -0.2) is 57.5 Å².